The molecule has 2 aromatic carbocycles. The first-order valence-electron chi connectivity index (χ1n) is 7.72. The van der Waals surface area contributed by atoms with Gasteiger partial charge in [0.25, 0.3) is 0 Å². The van der Waals surface area contributed by atoms with Gasteiger partial charge in [0.2, 0.25) is 5.91 Å². The van der Waals surface area contributed by atoms with Crippen LogP contribution in [0.5, 0.6) is 5.75 Å². The highest BCUT2D eigenvalue weighted by Crippen LogP contribution is 2.22. The second-order valence-electron chi connectivity index (χ2n) is 5.55. The third-order valence-electron chi connectivity index (χ3n) is 3.89. The van der Waals surface area contributed by atoms with Crippen LogP contribution in [0.3, 0.4) is 0 Å². The first kappa shape index (κ1) is 16.3. The summed E-state index contributed by atoms with van der Waals surface area (Å²) in [6, 6.07) is 14.1. The minimum absolute atomic E-state index is 0.0855. The third kappa shape index (κ3) is 3.84. The van der Waals surface area contributed by atoms with Crippen molar-refractivity contribution in [1.29, 1.82) is 0 Å². The highest BCUT2D eigenvalue weighted by atomic mass is 32.1. The molecule has 24 heavy (non-hydrogen) atoms. The third-order valence-corrected chi connectivity index (χ3v) is 4.91. The Kier molecular flexibility index (Phi) is 4.96. The number of aryl methyl sites for hydroxylation is 1. The van der Waals surface area contributed by atoms with Crippen LogP contribution >= 0.6 is 11.3 Å². The van der Waals surface area contributed by atoms with Crippen LogP contribution in [0.4, 0.5) is 0 Å². The summed E-state index contributed by atoms with van der Waals surface area (Å²) in [7, 11) is 1.66. The summed E-state index contributed by atoms with van der Waals surface area (Å²) in [6.07, 6.45) is 3.41. The minimum Gasteiger partial charge on any atom is -0.497 e. The van der Waals surface area contributed by atoms with Crippen LogP contribution in [0.15, 0.2) is 53.9 Å². The van der Waals surface area contributed by atoms with Gasteiger partial charge in [0.15, 0.2) is 0 Å². The maximum absolute atomic E-state index is 12.0. The normalized spacial score (nSPS) is 11.1. The summed E-state index contributed by atoms with van der Waals surface area (Å²) in [5.74, 6) is 0.756. The number of thiophene rings is 1. The molecular weight excluding hydrogens is 318 g/mol. The van der Waals surface area contributed by atoms with Gasteiger partial charge in [-0.1, -0.05) is 18.2 Å². The van der Waals surface area contributed by atoms with Crippen molar-refractivity contribution in [2.24, 2.45) is 0 Å². The Morgan fingerprint density at radius 3 is 2.71 bits per heavy atom. The molecule has 0 aliphatic rings. The summed E-state index contributed by atoms with van der Waals surface area (Å²) in [4.78, 5) is 13.2. The van der Waals surface area contributed by atoms with Crippen molar-refractivity contribution in [2.75, 3.05) is 7.11 Å². The molecule has 1 amide bonds. The lowest BCUT2D eigenvalue weighted by molar-refractivity contribution is -0.116. The average molecular weight is 337 g/mol. The number of fused-ring (bicyclic) bond motifs is 1. The van der Waals surface area contributed by atoms with Crippen LogP contribution in [0.1, 0.15) is 16.0 Å². The summed E-state index contributed by atoms with van der Waals surface area (Å²) in [6.45, 7) is 2.63. The number of ether oxygens (including phenoxy) is 1. The Hall–Kier alpha value is -2.59. The summed E-state index contributed by atoms with van der Waals surface area (Å²) >= 11 is 1.66. The second-order valence-corrected chi connectivity index (χ2v) is 6.55. The van der Waals surface area contributed by atoms with Crippen LogP contribution < -0.4 is 10.1 Å². The Balaban J connectivity index is 1.66. The molecule has 0 fully saturated rings. The molecule has 0 aliphatic carbocycles. The van der Waals surface area contributed by atoms with E-state index in [1.807, 2.05) is 41.8 Å². The van der Waals surface area contributed by atoms with Crippen LogP contribution in [0, 0.1) is 6.92 Å². The van der Waals surface area contributed by atoms with Gasteiger partial charge in [-0.3, -0.25) is 4.79 Å². The zero-order chi connectivity index (χ0) is 16.9. The number of benzene rings is 2. The first-order chi connectivity index (χ1) is 11.7. The summed E-state index contributed by atoms with van der Waals surface area (Å²) < 4.78 is 5.23. The lowest BCUT2D eigenvalue weighted by atomic mass is 10.1. The number of carbonyl (C=O) groups is 1. The summed E-state index contributed by atoms with van der Waals surface area (Å²) in [5.41, 5.74) is 2.21. The Labute approximate surface area is 145 Å². The Morgan fingerprint density at radius 1 is 1.17 bits per heavy atom. The van der Waals surface area contributed by atoms with Crippen molar-refractivity contribution in [2.45, 2.75) is 13.5 Å². The van der Waals surface area contributed by atoms with E-state index in [9.17, 15) is 4.79 Å². The fourth-order valence-corrected chi connectivity index (χ4v) is 3.30. The predicted octanol–water partition coefficient (Wildman–Crippen LogP) is 4.55. The van der Waals surface area contributed by atoms with E-state index in [1.54, 1.807) is 24.5 Å². The van der Waals surface area contributed by atoms with Gasteiger partial charge in [0.1, 0.15) is 5.75 Å². The zero-order valence-corrected chi connectivity index (χ0v) is 14.5. The molecule has 0 unspecified atom stereocenters. The maximum Gasteiger partial charge on any atom is 0.244 e. The van der Waals surface area contributed by atoms with Crippen LogP contribution in [-0.4, -0.2) is 13.0 Å². The van der Waals surface area contributed by atoms with Gasteiger partial charge >= 0.3 is 0 Å². The molecule has 0 saturated heterocycles. The number of amides is 1. The number of carbonyl (C=O) groups excluding carboxylic acids is 1. The SMILES string of the molecule is COc1ccc2cc(/C=C/C(=O)NCc3sccc3C)ccc2c1. The molecule has 0 radical (unpaired) electrons. The van der Waals surface area contributed by atoms with E-state index in [4.69, 9.17) is 4.74 Å². The monoisotopic (exact) mass is 337 g/mol. The topological polar surface area (TPSA) is 38.3 Å². The van der Waals surface area contributed by atoms with E-state index in [2.05, 4.69) is 24.4 Å². The average Bonchev–Trinajstić information content (AvgIpc) is 3.02. The van der Waals surface area contributed by atoms with Crippen molar-refractivity contribution < 1.29 is 9.53 Å². The van der Waals surface area contributed by atoms with Crippen molar-refractivity contribution in [3.05, 3.63) is 69.9 Å². The molecule has 3 nitrogen and oxygen atoms in total. The van der Waals surface area contributed by atoms with Crippen LogP contribution in [0.2, 0.25) is 0 Å². The Bertz CT molecular complexity index is 896. The van der Waals surface area contributed by atoms with Crippen molar-refractivity contribution in [3.63, 3.8) is 0 Å². The molecule has 0 bridgehead atoms. The number of rotatable bonds is 5. The van der Waals surface area contributed by atoms with Gasteiger partial charge in [-0.15, -0.1) is 11.3 Å². The van der Waals surface area contributed by atoms with Gasteiger partial charge in [0, 0.05) is 11.0 Å². The summed E-state index contributed by atoms with van der Waals surface area (Å²) in [5, 5.41) is 7.19. The smallest absolute Gasteiger partial charge is 0.244 e. The number of nitrogens with one attached hydrogen (secondary N) is 1. The van der Waals surface area contributed by atoms with E-state index in [1.165, 1.54) is 10.4 Å². The largest absolute Gasteiger partial charge is 0.497 e. The molecule has 1 heterocycles. The Morgan fingerprint density at radius 2 is 1.96 bits per heavy atom. The highest BCUT2D eigenvalue weighted by Gasteiger charge is 2.02. The molecule has 3 rings (SSSR count). The molecule has 0 saturated carbocycles. The van der Waals surface area contributed by atoms with Crippen LogP contribution in [0.25, 0.3) is 16.8 Å². The number of hydrogen-bond donors (Lipinski definition) is 1. The molecule has 0 atom stereocenters. The lowest BCUT2D eigenvalue weighted by Gasteiger charge is -2.04. The minimum atomic E-state index is -0.0855. The molecule has 0 aliphatic heterocycles. The maximum atomic E-state index is 12.0. The van der Waals surface area contributed by atoms with E-state index in [-0.39, 0.29) is 5.91 Å². The molecule has 1 N–H and O–H groups in total. The van der Waals surface area contributed by atoms with Gasteiger partial charge < -0.3 is 10.1 Å². The van der Waals surface area contributed by atoms with Gasteiger partial charge in [0.05, 0.1) is 13.7 Å². The molecule has 3 aromatic rings. The predicted molar refractivity (Wildman–Crippen MR) is 100 cm³/mol. The second kappa shape index (κ2) is 7.32. The van der Waals surface area contributed by atoms with Crippen molar-refractivity contribution in [1.82, 2.24) is 5.32 Å². The first-order valence-corrected chi connectivity index (χ1v) is 8.60. The zero-order valence-electron chi connectivity index (χ0n) is 13.7. The quantitative estimate of drug-likeness (QED) is 0.694. The number of methoxy groups -OCH3 is 1. The molecule has 4 heteroatoms. The van der Waals surface area contributed by atoms with Crippen LogP contribution in [-0.2, 0) is 11.3 Å². The van der Waals surface area contributed by atoms with Crippen molar-refractivity contribution in [3.8, 4) is 5.75 Å². The van der Waals surface area contributed by atoms with E-state index in [0.29, 0.717) is 6.54 Å². The number of hydrogen-bond acceptors (Lipinski definition) is 3. The molecule has 1 aromatic heterocycles. The lowest BCUT2D eigenvalue weighted by Crippen LogP contribution is -2.19. The molecular formula is C20H19NO2S. The fraction of sp³-hybridized carbons (Fsp3) is 0.150. The standard InChI is InChI=1S/C20H19NO2S/c1-14-9-10-24-19(14)13-21-20(22)8-4-15-3-5-17-12-18(23-2)7-6-16(17)11-15/h3-12H,13H2,1-2H3,(H,21,22)/b8-4+. The van der Waals surface area contributed by atoms with E-state index in [0.717, 1.165) is 22.1 Å². The van der Waals surface area contributed by atoms with Gasteiger partial charge in [-0.05, 0) is 64.5 Å². The van der Waals surface area contributed by atoms with E-state index < -0.39 is 0 Å². The van der Waals surface area contributed by atoms with Crippen molar-refractivity contribution >= 4 is 34.1 Å². The fourth-order valence-electron chi connectivity index (χ4n) is 2.46. The van der Waals surface area contributed by atoms with Gasteiger partial charge in [-0.2, -0.15) is 0 Å². The van der Waals surface area contributed by atoms with Gasteiger partial charge in [-0.25, -0.2) is 0 Å². The molecule has 0 spiro atoms. The molecule has 122 valence electrons. The van der Waals surface area contributed by atoms with E-state index >= 15 is 0 Å². The highest BCUT2D eigenvalue weighted by molar-refractivity contribution is 7.10.